The van der Waals surface area contributed by atoms with Crippen molar-refractivity contribution in [1.29, 1.82) is 0 Å². The number of H-pyrrole nitrogens is 1. The van der Waals surface area contributed by atoms with E-state index in [2.05, 4.69) is 9.97 Å². The Morgan fingerprint density at radius 2 is 1.79 bits per heavy atom. The van der Waals surface area contributed by atoms with E-state index in [9.17, 15) is 14.4 Å². The lowest BCUT2D eigenvalue weighted by Gasteiger charge is -2.12. The van der Waals surface area contributed by atoms with Gasteiger partial charge in [-0.1, -0.05) is 24.3 Å². The Hall–Kier alpha value is -3.48. The maximum Gasteiger partial charge on any atom is 0.357 e. The first-order chi connectivity index (χ1) is 13.8. The van der Waals surface area contributed by atoms with E-state index in [1.165, 1.54) is 6.92 Å². The number of para-hydroxylation sites is 1. The van der Waals surface area contributed by atoms with Gasteiger partial charge >= 0.3 is 11.9 Å². The van der Waals surface area contributed by atoms with Gasteiger partial charge in [-0.15, -0.1) is 0 Å². The minimum absolute atomic E-state index is 0.120. The fraction of sp³-hybridized carbons (Fsp3) is 0.273. The third kappa shape index (κ3) is 4.03. The molecule has 2 aromatic heterocycles. The van der Waals surface area contributed by atoms with Crippen LogP contribution in [0.2, 0.25) is 0 Å². The molecule has 0 spiro atoms. The second-order valence-electron chi connectivity index (χ2n) is 6.65. The van der Waals surface area contributed by atoms with Crippen molar-refractivity contribution in [1.82, 2.24) is 9.97 Å². The maximum atomic E-state index is 12.8. The summed E-state index contributed by atoms with van der Waals surface area (Å²) in [7, 11) is 0. The molecule has 150 valence electrons. The van der Waals surface area contributed by atoms with Crippen LogP contribution in [-0.4, -0.2) is 40.4 Å². The number of esters is 2. The molecule has 0 saturated heterocycles. The fourth-order valence-corrected chi connectivity index (χ4v) is 3.16. The highest BCUT2D eigenvalue weighted by molar-refractivity contribution is 6.04. The number of aryl methyl sites for hydroxylation is 1. The Morgan fingerprint density at radius 3 is 2.52 bits per heavy atom. The minimum Gasteiger partial charge on any atom is -0.462 e. The number of aromatic nitrogens is 2. The van der Waals surface area contributed by atoms with Gasteiger partial charge in [-0.25, -0.2) is 14.6 Å². The second kappa shape index (κ2) is 8.26. The number of hydrogen-bond donors (Lipinski definition) is 1. The van der Waals surface area contributed by atoms with Gasteiger partial charge in [0, 0.05) is 11.1 Å². The number of ether oxygens (including phenoxy) is 2. The Balaban J connectivity index is 1.78. The van der Waals surface area contributed by atoms with Crippen molar-refractivity contribution >= 4 is 28.6 Å². The molecule has 1 N–H and O–H groups in total. The summed E-state index contributed by atoms with van der Waals surface area (Å²) in [4.78, 5) is 44.6. The average Bonchev–Trinajstić information content (AvgIpc) is 3.01. The highest BCUT2D eigenvalue weighted by Gasteiger charge is 2.28. The van der Waals surface area contributed by atoms with Crippen molar-refractivity contribution in [3.05, 3.63) is 64.6 Å². The van der Waals surface area contributed by atoms with E-state index in [4.69, 9.17) is 9.47 Å². The smallest absolute Gasteiger partial charge is 0.357 e. The van der Waals surface area contributed by atoms with Crippen LogP contribution in [0.5, 0.6) is 0 Å². The molecule has 0 aliphatic heterocycles. The first kappa shape index (κ1) is 20.3. The zero-order valence-corrected chi connectivity index (χ0v) is 16.7. The van der Waals surface area contributed by atoms with Crippen molar-refractivity contribution in [3.63, 3.8) is 0 Å². The Kier molecular flexibility index (Phi) is 5.77. The molecule has 3 rings (SSSR count). The lowest BCUT2D eigenvalue weighted by molar-refractivity contribution is 0.0311. The molecule has 2 heterocycles. The molecule has 0 fully saturated rings. The number of rotatable bonds is 6. The van der Waals surface area contributed by atoms with Gasteiger partial charge in [-0.3, -0.25) is 4.79 Å². The van der Waals surface area contributed by atoms with Crippen LogP contribution in [0, 0.1) is 13.8 Å². The number of hydrogen-bond acceptors (Lipinski definition) is 6. The third-order valence-electron chi connectivity index (χ3n) is 4.62. The summed E-state index contributed by atoms with van der Waals surface area (Å²) >= 11 is 0. The SMILES string of the molecule is CCOC(=O)c1c(C)[nH]c(C(=O)C(C)OC(=O)c2ccc3ccccc3n2)c1C. The number of carbonyl (C=O) groups excluding carboxylic acids is 3. The topological polar surface area (TPSA) is 98.4 Å². The first-order valence-electron chi connectivity index (χ1n) is 9.30. The normalized spacial score (nSPS) is 11.9. The molecule has 0 aliphatic carbocycles. The van der Waals surface area contributed by atoms with Gasteiger partial charge in [0.1, 0.15) is 5.69 Å². The number of ketones is 1. The molecule has 0 aliphatic rings. The van der Waals surface area contributed by atoms with E-state index in [0.717, 1.165) is 5.39 Å². The maximum absolute atomic E-state index is 12.8. The zero-order chi connectivity index (χ0) is 21.1. The van der Waals surface area contributed by atoms with Gasteiger partial charge in [0.25, 0.3) is 0 Å². The molecular formula is C22H22N2O5. The van der Waals surface area contributed by atoms with E-state index < -0.39 is 23.8 Å². The predicted octanol–water partition coefficient (Wildman–Crippen LogP) is 3.78. The van der Waals surface area contributed by atoms with E-state index in [-0.39, 0.29) is 18.0 Å². The quantitative estimate of drug-likeness (QED) is 0.505. The summed E-state index contributed by atoms with van der Waals surface area (Å²) in [6.07, 6.45) is -1.05. The van der Waals surface area contributed by atoms with Crippen LogP contribution in [0.1, 0.15) is 56.4 Å². The van der Waals surface area contributed by atoms with Crippen LogP contribution >= 0.6 is 0 Å². The molecular weight excluding hydrogens is 372 g/mol. The van der Waals surface area contributed by atoms with Crippen LogP contribution < -0.4 is 0 Å². The predicted molar refractivity (Wildman–Crippen MR) is 107 cm³/mol. The zero-order valence-electron chi connectivity index (χ0n) is 16.7. The standard InChI is InChI=1S/C22H22N2O5/c1-5-28-22(27)18-12(2)19(23-13(18)3)20(25)14(4)29-21(26)17-11-10-15-8-6-7-9-16(15)24-17/h6-11,14,23H,5H2,1-4H3. The van der Waals surface area contributed by atoms with Crippen LogP contribution in [0.15, 0.2) is 36.4 Å². The summed E-state index contributed by atoms with van der Waals surface area (Å²) in [6.45, 7) is 6.78. The summed E-state index contributed by atoms with van der Waals surface area (Å²) in [6, 6.07) is 10.7. The van der Waals surface area contributed by atoms with Gasteiger partial charge in [-0.2, -0.15) is 0 Å². The summed E-state index contributed by atoms with van der Waals surface area (Å²) in [5.41, 5.74) is 2.32. The Bertz CT molecular complexity index is 1100. The van der Waals surface area contributed by atoms with Crippen LogP contribution in [0.25, 0.3) is 10.9 Å². The van der Waals surface area contributed by atoms with E-state index in [1.807, 2.05) is 18.2 Å². The van der Waals surface area contributed by atoms with Crippen molar-refractivity contribution in [2.45, 2.75) is 33.8 Å². The van der Waals surface area contributed by atoms with E-state index in [0.29, 0.717) is 22.3 Å². The minimum atomic E-state index is -1.05. The molecule has 0 amide bonds. The second-order valence-corrected chi connectivity index (χ2v) is 6.65. The van der Waals surface area contributed by atoms with Crippen molar-refractivity contribution in [2.75, 3.05) is 6.61 Å². The Morgan fingerprint density at radius 1 is 1.07 bits per heavy atom. The van der Waals surface area contributed by atoms with E-state index >= 15 is 0 Å². The molecule has 1 unspecified atom stereocenters. The first-order valence-corrected chi connectivity index (χ1v) is 9.30. The van der Waals surface area contributed by atoms with Gasteiger partial charge in [0.05, 0.1) is 23.4 Å². The molecule has 0 saturated carbocycles. The number of carbonyl (C=O) groups is 3. The van der Waals surface area contributed by atoms with Crippen LogP contribution in [0.4, 0.5) is 0 Å². The number of nitrogens with zero attached hydrogens (tertiary/aromatic N) is 1. The highest BCUT2D eigenvalue weighted by atomic mass is 16.5. The Labute approximate surface area is 168 Å². The van der Waals surface area contributed by atoms with Gasteiger partial charge in [-0.05, 0) is 45.4 Å². The molecule has 0 bridgehead atoms. The highest BCUT2D eigenvalue weighted by Crippen LogP contribution is 2.21. The molecule has 0 radical (unpaired) electrons. The van der Waals surface area contributed by atoms with E-state index in [1.54, 1.807) is 39.0 Å². The number of fused-ring (bicyclic) bond motifs is 1. The summed E-state index contributed by atoms with van der Waals surface area (Å²) in [5, 5.41) is 0.900. The molecule has 1 atom stereocenters. The molecule has 1 aromatic carbocycles. The number of pyridine rings is 1. The summed E-state index contributed by atoms with van der Waals surface area (Å²) < 4.78 is 10.4. The fourth-order valence-electron chi connectivity index (χ4n) is 3.16. The lowest BCUT2D eigenvalue weighted by atomic mass is 10.1. The lowest BCUT2D eigenvalue weighted by Crippen LogP contribution is -2.25. The van der Waals surface area contributed by atoms with Crippen molar-refractivity contribution < 1.29 is 23.9 Å². The number of benzene rings is 1. The number of Topliss-reactive ketones (excluding diaryl/α,β-unsaturated/α-hetero) is 1. The summed E-state index contributed by atoms with van der Waals surface area (Å²) in [5.74, 6) is -1.62. The number of aromatic amines is 1. The molecule has 7 heteroatoms. The van der Waals surface area contributed by atoms with Gasteiger partial charge in [0.15, 0.2) is 6.10 Å². The van der Waals surface area contributed by atoms with Crippen LogP contribution in [0.3, 0.4) is 0 Å². The van der Waals surface area contributed by atoms with Crippen molar-refractivity contribution in [3.8, 4) is 0 Å². The van der Waals surface area contributed by atoms with Crippen molar-refractivity contribution in [2.24, 2.45) is 0 Å². The van der Waals surface area contributed by atoms with Gasteiger partial charge in [0.2, 0.25) is 5.78 Å². The van der Waals surface area contributed by atoms with Crippen LogP contribution in [-0.2, 0) is 9.47 Å². The molecule has 29 heavy (non-hydrogen) atoms. The third-order valence-corrected chi connectivity index (χ3v) is 4.62. The average molecular weight is 394 g/mol. The van der Waals surface area contributed by atoms with Gasteiger partial charge < -0.3 is 14.5 Å². The number of nitrogens with one attached hydrogen (secondary N) is 1. The monoisotopic (exact) mass is 394 g/mol. The molecule has 3 aromatic rings. The largest absolute Gasteiger partial charge is 0.462 e. The molecule has 7 nitrogen and oxygen atoms in total.